The average Bonchev–Trinajstić information content (AvgIpc) is 2.39. The van der Waals surface area contributed by atoms with Crippen molar-refractivity contribution in [2.24, 2.45) is 28.6 Å². The second-order valence-corrected chi connectivity index (χ2v) is 10.3. The minimum atomic E-state index is -0.422. The Kier molecular flexibility index (Phi) is 10.5. The molecular weight excluding hydrogens is 328 g/mol. The first-order valence-corrected chi connectivity index (χ1v) is 10.1. The molecule has 0 N–H and O–H groups in total. The van der Waals surface area contributed by atoms with Gasteiger partial charge in [0.05, 0.1) is 26.1 Å². The van der Waals surface area contributed by atoms with Gasteiger partial charge in [-0.05, 0) is 41.4 Å². The predicted octanol–water partition coefficient (Wildman–Crippen LogP) is 5.63. The van der Waals surface area contributed by atoms with E-state index in [-0.39, 0.29) is 30.2 Å². The van der Waals surface area contributed by atoms with Crippen LogP contribution < -0.4 is 0 Å². The number of carbonyl (C=O) groups excluding carboxylic acids is 2. The SMILES string of the molecule is CC(C)COC(=O)CC(CC(=O)OCC(C)C)(CC(C)C)CC(C)(C)C. The Balaban J connectivity index is 5.39. The lowest BCUT2D eigenvalue weighted by Gasteiger charge is -2.39. The molecule has 0 amide bonds. The molecule has 0 fully saturated rings. The van der Waals surface area contributed by atoms with Crippen LogP contribution in [-0.2, 0) is 19.1 Å². The van der Waals surface area contributed by atoms with Crippen molar-refractivity contribution in [2.75, 3.05) is 13.2 Å². The van der Waals surface area contributed by atoms with E-state index in [0.29, 0.717) is 31.0 Å². The third-order valence-electron chi connectivity index (χ3n) is 3.94. The standard InChI is InChI=1S/C22H42O4/c1-16(2)10-22(15-21(7,8)9,11-19(23)25-13-17(3)4)12-20(24)26-14-18(5)6/h16-18H,10-15H2,1-9H3. The van der Waals surface area contributed by atoms with Crippen LogP contribution in [0.3, 0.4) is 0 Å². The lowest BCUT2D eigenvalue weighted by molar-refractivity contribution is -0.153. The van der Waals surface area contributed by atoms with E-state index in [1.165, 1.54) is 0 Å². The molecule has 0 aliphatic rings. The van der Waals surface area contributed by atoms with Crippen molar-refractivity contribution in [3.05, 3.63) is 0 Å². The van der Waals surface area contributed by atoms with E-state index in [9.17, 15) is 9.59 Å². The number of esters is 2. The maximum atomic E-state index is 12.5. The Labute approximate surface area is 161 Å². The van der Waals surface area contributed by atoms with E-state index >= 15 is 0 Å². The summed E-state index contributed by atoms with van der Waals surface area (Å²) in [6.45, 7) is 19.7. The van der Waals surface area contributed by atoms with Gasteiger partial charge < -0.3 is 9.47 Å². The van der Waals surface area contributed by atoms with Crippen LogP contribution in [0.2, 0.25) is 0 Å². The Morgan fingerprint density at radius 1 is 0.731 bits per heavy atom. The molecule has 4 heteroatoms. The van der Waals surface area contributed by atoms with Crippen LogP contribution in [0.25, 0.3) is 0 Å². The molecule has 0 aromatic rings. The second kappa shape index (κ2) is 10.9. The molecule has 0 heterocycles. The first kappa shape index (κ1) is 24.9. The van der Waals surface area contributed by atoms with E-state index in [1.54, 1.807) is 0 Å². The largest absolute Gasteiger partial charge is 0.465 e. The monoisotopic (exact) mass is 370 g/mol. The molecule has 0 aromatic carbocycles. The molecule has 0 saturated carbocycles. The van der Waals surface area contributed by atoms with Gasteiger partial charge in [0.1, 0.15) is 0 Å². The molecule has 0 radical (unpaired) electrons. The van der Waals surface area contributed by atoms with Crippen molar-refractivity contribution < 1.29 is 19.1 Å². The van der Waals surface area contributed by atoms with Crippen LogP contribution in [0.4, 0.5) is 0 Å². The van der Waals surface area contributed by atoms with Gasteiger partial charge in [-0.25, -0.2) is 0 Å². The molecule has 4 nitrogen and oxygen atoms in total. The fourth-order valence-corrected chi connectivity index (χ4v) is 3.63. The zero-order chi connectivity index (χ0) is 20.5. The summed E-state index contributed by atoms with van der Waals surface area (Å²) in [7, 11) is 0. The zero-order valence-electron chi connectivity index (χ0n) is 18.6. The molecule has 0 spiro atoms. The Hall–Kier alpha value is -1.06. The maximum Gasteiger partial charge on any atom is 0.306 e. The maximum absolute atomic E-state index is 12.5. The van der Waals surface area contributed by atoms with E-state index in [0.717, 1.165) is 12.8 Å². The summed E-state index contributed by atoms with van der Waals surface area (Å²) in [6.07, 6.45) is 2.13. The van der Waals surface area contributed by atoms with E-state index < -0.39 is 5.41 Å². The van der Waals surface area contributed by atoms with Crippen molar-refractivity contribution in [2.45, 2.75) is 88.0 Å². The van der Waals surface area contributed by atoms with Gasteiger partial charge in [-0.2, -0.15) is 0 Å². The minimum Gasteiger partial charge on any atom is -0.465 e. The fourth-order valence-electron chi connectivity index (χ4n) is 3.63. The number of ether oxygens (including phenoxy) is 2. The average molecular weight is 371 g/mol. The van der Waals surface area contributed by atoms with E-state index in [2.05, 4.69) is 34.6 Å². The summed E-state index contributed by atoms with van der Waals surface area (Å²) in [4.78, 5) is 25.0. The zero-order valence-corrected chi connectivity index (χ0v) is 18.6. The molecule has 154 valence electrons. The number of carbonyl (C=O) groups is 2. The minimum absolute atomic E-state index is 0.00550. The molecule has 0 atom stereocenters. The van der Waals surface area contributed by atoms with Gasteiger partial charge in [0.25, 0.3) is 0 Å². The number of hydrogen-bond donors (Lipinski definition) is 0. The molecule has 0 aliphatic carbocycles. The number of rotatable bonds is 11. The van der Waals surface area contributed by atoms with Crippen LogP contribution in [-0.4, -0.2) is 25.2 Å². The van der Waals surface area contributed by atoms with Crippen molar-refractivity contribution in [3.63, 3.8) is 0 Å². The van der Waals surface area contributed by atoms with Crippen LogP contribution in [0, 0.1) is 28.6 Å². The normalized spacial score (nSPS) is 12.8. The van der Waals surface area contributed by atoms with Crippen LogP contribution in [0.1, 0.15) is 88.0 Å². The third kappa shape index (κ3) is 12.3. The van der Waals surface area contributed by atoms with Gasteiger partial charge in [-0.1, -0.05) is 62.3 Å². The number of hydrogen-bond acceptors (Lipinski definition) is 4. The predicted molar refractivity (Wildman–Crippen MR) is 107 cm³/mol. The van der Waals surface area contributed by atoms with Gasteiger partial charge in [-0.15, -0.1) is 0 Å². The van der Waals surface area contributed by atoms with Crippen molar-refractivity contribution >= 4 is 11.9 Å². The molecule has 0 aromatic heterocycles. The highest BCUT2D eigenvalue weighted by Crippen LogP contribution is 2.44. The van der Waals surface area contributed by atoms with Gasteiger partial charge in [0.2, 0.25) is 0 Å². The first-order valence-electron chi connectivity index (χ1n) is 10.1. The summed E-state index contributed by atoms with van der Waals surface area (Å²) in [6, 6.07) is 0. The molecule has 0 saturated heterocycles. The van der Waals surface area contributed by atoms with Gasteiger partial charge >= 0.3 is 11.9 Å². The van der Waals surface area contributed by atoms with Crippen LogP contribution in [0.5, 0.6) is 0 Å². The Morgan fingerprint density at radius 3 is 1.38 bits per heavy atom. The molecule has 0 bridgehead atoms. The highest BCUT2D eigenvalue weighted by atomic mass is 16.5. The summed E-state index contributed by atoms with van der Waals surface area (Å²) in [5.74, 6) is 0.572. The molecule has 0 unspecified atom stereocenters. The van der Waals surface area contributed by atoms with Gasteiger partial charge in [-0.3, -0.25) is 9.59 Å². The van der Waals surface area contributed by atoms with Crippen molar-refractivity contribution in [3.8, 4) is 0 Å². The highest BCUT2D eigenvalue weighted by molar-refractivity contribution is 5.74. The quantitative estimate of drug-likeness (QED) is 0.442. The lowest BCUT2D eigenvalue weighted by Crippen LogP contribution is -2.35. The summed E-state index contributed by atoms with van der Waals surface area (Å²) < 4.78 is 10.9. The summed E-state index contributed by atoms with van der Waals surface area (Å²) in [5.41, 5.74) is -0.417. The second-order valence-electron chi connectivity index (χ2n) is 10.3. The molecule has 26 heavy (non-hydrogen) atoms. The lowest BCUT2D eigenvalue weighted by atomic mass is 9.66. The molecular formula is C22H42O4. The highest BCUT2D eigenvalue weighted by Gasteiger charge is 2.40. The molecule has 0 rings (SSSR count). The molecule has 0 aliphatic heterocycles. The fraction of sp³-hybridized carbons (Fsp3) is 0.909. The van der Waals surface area contributed by atoms with E-state index in [1.807, 2.05) is 27.7 Å². The van der Waals surface area contributed by atoms with E-state index in [4.69, 9.17) is 9.47 Å². The van der Waals surface area contributed by atoms with Crippen molar-refractivity contribution in [1.82, 2.24) is 0 Å². The Morgan fingerprint density at radius 2 is 1.12 bits per heavy atom. The summed E-state index contributed by atoms with van der Waals surface area (Å²) >= 11 is 0. The Bertz CT molecular complexity index is 404. The summed E-state index contributed by atoms with van der Waals surface area (Å²) in [5, 5.41) is 0. The van der Waals surface area contributed by atoms with Crippen LogP contribution in [0.15, 0.2) is 0 Å². The first-order chi connectivity index (χ1) is 11.7. The smallest absolute Gasteiger partial charge is 0.306 e. The van der Waals surface area contributed by atoms with Gasteiger partial charge in [0, 0.05) is 0 Å². The third-order valence-corrected chi connectivity index (χ3v) is 3.94. The van der Waals surface area contributed by atoms with Crippen molar-refractivity contribution in [1.29, 1.82) is 0 Å². The van der Waals surface area contributed by atoms with Gasteiger partial charge in [0.15, 0.2) is 0 Å². The van der Waals surface area contributed by atoms with Crippen LogP contribution >= 0.6 is 0 Å². The topological polar surface area (TPSA) is 52.6 Å².